The molecular formula is C84H59N3Si2. The van der Waals surface area contributed by atoms with E-state index in [0.29, 0.717) is 0 Å². The number of hydrogen-bond acceptors (Lipinski definition) is 0. The molecule has 0 aliphatic rings. The molecule has 17 aromatic rings. The van der Waals surface area contributed by atoms with Crippen LogP contribution in [-0.4, -0.2) is 29.8 Å². The molecule has 418 valence electrons. The minimum atomic E-state index is -3.08. The molecule has 3 heterocycles. The van der Waals surface area contributed by atoms with Crippen molar-refractivity contribution in [3.63, 3.8) is 0 Å². The topological polar surface area (TPSA) is 14.8 Å². The maximum Gasteiger partial charge on any atom is 0.180 e. The molecule has 0 bridgehead atoms. The van der Waals surface area contributed by atoms with Crippen molar-refractivity contribution < 1.29 is 0 Å². The van der Waals surface area contributed by atoms with Gasteiger partial charge in [0, 0.05) is 49.4 Å². The Labute approximate surface area is 519 Å². The van der Waals surface area contributed by atoms with E-state index < -0.39 is 16.1 Å². The van der Waals surface area contributed by atoms with E-state index in [1.807, 2.05) is 0 Å². The lowest BCUT2D eigenvalue weighted by atomic mass is 10.1. The SMILES string of the molecule is c1ccc(-c2cccc([Si](c3ccccc3)(c3ccccc3)c3cccc4c3c3ccccc3n4-c3ccc4c(c3)c3ccccc3n4-c3cccc([Si](c4ccccc4)(c4ccccc4)c4ccc5c(c4)c4ccccc4n5-c4ccccc4)c3)c2)cc1. The minimum absolute atomic E-state index is 1.12. The summed E-state index contributed by atoms with van der Waals surface area (Å²) in [5.74, 6) is 0. The number of para-hydroxylation sites is 4. The van der Waals surface area contributed by atoms with E-state index in [1.165, 1.54) is 113 Å². The molecule has 0 radical (unpaired) electrons. The van der Waals surface area contributed by atoms with Gasteiger partial charge in [-0.05, 0) is 125 Å². The molecule has 0 fully saturated rings. The number of fused-ring (bicyclic) bond motifs is 9. The predicted molar refractivity (Wildman–Crippen MR) is 382 cm³/mol. The highest BCUT2D eigenvalue weighted by Gasteiger charge is 2.44. The van der Waals surface area contributed by atoms with Gasteiger partial charge < -0.3 is 13.7 Å². The van der Waals surface area contributed by atoms with Crippen LogP contribution < -0.4 is 41.5 Å². The van der Waals surface area contributed by atoms with Gasteiger partial charge in [0.15, 0.2) is 16.1 Å². The van der Waals surface area contributed by atoms with Crippen molar-refractivity contribution in [2.75, 3.05) is 0 Å². The average molecular weight is 1170 g/mol. The Hall–Kier alpha value is -11.1. The van der Waals surface area contributed by atoms with Gasteiger partial charge in [-0.3, -0.25) is 0 Å². The summed E-state index contributed by atoms with van der Waals surface area (Å²) in [6.45, 7) is 0. The molecule has 14 aromatic carbocycles. The molecule has 0 unspecified atom stereocenters. The largest absolute Gasteiger partial charge is 0.309 e. The fraction of sp³-hybridized carbons (Fsp3) is 0. The van der Waals surface area contributed by atoms with Gasteiger partial charge in [0.05, 0.1) is 33.1 Å². The first kappa shape index (κ1) is 52.3. The Kier molecular flexibility index (Phi) is 12.6. The lowest BCUT2D eigenvalue weighted by Crippen LogP contribution is -2.74. The van der Waals surface area contributed by atoms with Gasteiger partial charge in [0.2, 0.25) is 0 Å². The van der Waals surface area contributed by atoms with Crippen LogP contribution in [0.5, 0.6) is 0 Å². The molecular weight excluding hydrogens is 1110 g/mol. The number of hydrogen-bond donors (Lipinski definition) is 0. The van der Waals surface area contributed by atoms with Gasteiger partial charge in [0.1, 0.15) is 0 Å². The van der Waals surface area contributed by atoms with Gasteiger partial charge in [-0.15, -0.1) is 0 Å². The molecule has 3 nitrogen and oxygen atoms in total. The lowest BCUT2D eigenvalue weighted by Gasteiger charge is -2.35. The normalized spacial score (nSPS) is 12.0. The summed E-state index contributed by atoms with van der Waals surface area (Å²) < 4.78 is 7.47. The van der Waals surface area contributed by atoms with Crippen LogP contribution in [0.2, 0.25) is 0 Å². The lowest BCUT2D eigenvalue weighted by molar-refractivity contribution is 1.17. The van der Waals surface area contributed by atoms with E-state index in [0.717, 1.165) is 22.6 Å². The molecule has 0 amide bonds. The zero-order valence-electron chi connectivity index (χ0n) is 48.9. The third kappa shape index (κ3) is 8.17. The summed E-state index contributed by atoms with van der Waals surface area (Å²) in [6, 6.07) is 135. The Bertz CT molecular complexity index is 5400. The first-order valence-electron chi connectivity index (χ1n) is 30.8. The summed E-state index contributed by atoms with van der Waals surface area (Å²) in [7, 11) is -6.16. The second-order valence-corrected chi connectivity index (χ2v) is 31.1. The van der Waals surface area contributed by atoms with Crippen LogP contribution >= 0.6 is 0 Å². The summed E-state index contributed by atoms with van der Waals surface area (Å²) in [6.07, 6.45) is 0. The number of nitrogens with zero attached hydrogens (tertiary/aromatic N) is 3. The molecule has 3 aromatic heterocycles. The summed E-state index contributed by atoms with van der Waals surface area (Å²) in [4.78, 5) is 0. The van der Waals surface area contributed by atoms with Crippen molar-refractivity contribution in [3.05, 3.63) is 358 Å². The Morgan fingerprint density at radius 2 is 0.539 bits per heavy atom. The molecule has 89 heavy (non-hydrogen) atoms. The molecule has 5 heteroatoms. The zero-order valence-corrected chi connectivity index (χ0v) is 50.9. The fourth-order valence-corrected chi connectivity index (χ4v) is 25.0. The molecule has 0 atom stereocenters. The summed E-state index contributed by atoms with van der Waals surface area (Å²) in [5, 5.41) is 18.2. The van der Waals surface area contributed by atoms with Gasteiger partial charge >= 0.3 is 0 Å². The van der Waals surface area contributed by atoms with Crippen LogP contribution in [0.15, 0.2) is 358 Å². The molecule has 0 saturated heterocycles. The summed E-state index contributed by atoms with van der Waals surface area (Å²) in [5.41, 5.74) is 12.9. The van der Waals surface area contributed by atoms with E-state index in [1.54, 1.807) is 0 Å². The van der Waals surface area contributed by atoms with E-state index in [4.69, 9.17) is 0 Å². The Morgan fingerprint density at radius 1 is 0.180 bits per heavy atom. The second kappa shape index (κ2) is 21.4. The second-order valence-electron chi connectivity index (χ2n) is 23.5. The van der Waals surface area contributed by atoms with E-state index in [2.05, 4.69) is 372 Å². The van der Waals surface area contributed by atoms with E-state index in [9.17, 15) is 0 Å². The van der Waals surface area contributed by atoms with Crippen LogP contribution in [0.4, 0.5) is 0 Å². The van der Waals surface area contributed by atoms with Crippen LogP contribution in [-0.2, 0) is 0 Å². The Morgan fingerprint density at radius 3 is 1.13 bits per heavy atom. The van der Waals surface area contributed by atoms with E-state index >= 15 is 0 Å². The van der Waals surface area contributed by atoms with Gasteiger partial charge in [0.25, 0.3) is 0 Å². The highest BCUT2D eigenvalue weighted by atomic mass is 28.3. The monoisotopic (exact) mass is 1170 g/mol. The minimum Gasteiger partial charge on any atom is -0.309 e. The first-order chi connectivity index (χ1) is 44.2. The fourth-order valence-electron chi connectivity index (χ4n) is 15.2. The Balaban J connectivity index is 0.876. The zero-order chi connectivity index (χ0) is 58.9. The van der Waals surface area contributed by atoms with Gasteiger partial charge in [-0.25, -0.2) is 0 Å². The van der Waals surface area contributed by atoms with Gasteiger partial charge in [-0.2, -0.15) is 0 Å². The van der Waals surface area contributed by atoms with Crippen molar-refractivity contribution in [1.29, 1.82) is 0 Å². The predicted octanol–water partition coefficient (Wildman–Crippen LogP) is 15.4. The molecule has 17 rings (SSSR count). The van der Waals surface area contributed by atoms with Crippen molar-refractivity contribution in [3.8, 4) is 28.2 Å². The molecule has 0 saturated carbocycles. The number of aromatic nitrogens is 3. The van der Waals surface area contributed by atoms with Crippen LogP contribution in [0.1, 0.15) is 0 Å². The maximum absolute atomic E-state index is 3.08. The molecule has 0 aliphatic heterocycles. The molecule has 0 aliphatic carbocycles. The maximum atomic E-state index is 2.53. The number of rotatable bonds is 12. The van der Waals surface area contributed by atoms with Crippen LogP contribution in [0.25, 0.3) is 93.6 Å². The molecule has 0 N–H and O–H groups in total. The van der Waals surface area contributed by atoms with Gasteiger partial charge in [-0.1, -0.05) is 285 Å². The average Bonchev–Trinajstić information content (AvgIpc) is 1.73. The quantitative estimate of drug-likeness (QED) is 0.0855. The highest BCUT2D eigenvalue weighted by Crippen LogP contribution is 2.38. The van der Waals surface area contributed by atoms with Crippen LogP contribution in [0.3, 0.4) is 0 Å². The van der Waals surface area contributed by atoms with Crippen LogP contribution in [0, 0.1) is 0 Å². The van der Waals surface area contributed by atoms with E-state index in [-0.39, 0.29) is 0 Å². The smallest absolute Gasteiger partial charge is 0.180 e. The highest BCUT2D eigenvalue weighted by molar-refractivity contribution is 7.21. The third-order valence-corrected chi connectivity index (χ3v) is 28.5. The third-order valence-electron chi connectivity index (χ3n) is 18.9. The standard InChI is InChI=1S/C84H59N3Si2/c1-7-28-60(29-8-1)61-30-25-42-69(56-61)89(67-38-15-5-16-39-67,68-40-17-6-18-41-68)83-51-27-50-82-84(83)74-46-21-24-49-79(74)87(82)64-52-54-80-75(58-64)72-44-19-23-48-78(72)86(80)63-33-26-43-70(57-63)88(65-34-11-3-12-35-65,66-36-13-4-14-37-66)71-53-55-81-76(59-71)73-45-20-22-47-77(73)85(81)62-31-9-2-10-32-62/h1-59H. The van der Waals surface area contributed by atoms with Crippen molar-refractivity contribution >= 4 is 123 Å². The summed E-state index contributed by atoms with van der Waals surface area (Å²) >= 11 is 0. The molecule has 0 spiro atoms. The van der Waals surface area contributed by atoms with Crippen molar-refractivity contribution in [2.45, 2.75) is 0 Å². The van der Waals surface area contributed by atoms with Crippen molar-refractivity contribution in [1.82, 2.24) is 13.7 Å². The first-order valence-corrected chi connectivity index (χ1v) is 34.8. The number of benzene rings is 14. The van der Waals surface area contributed by atoms with Crippen molar-refractivity contribution in [2.24, 2.45) is 0 Å².